The van der Waals surface area contributed by atoms with E-state index < -0.39 is 5.41 Å². The number of hydrogen-bond donors (Lipinski definition) is 0. The minimum absolute atomic E-state index is 0.125. The van der Waals surface area contributed by atoms with Crippen LogP contribution in [-0.4, -0.2) is 19.1 Å². The summed E-state index contributed by atoms with van der Waals surface area (Å²) >= 11 is 0. The molecule has 114 valence electrons. The highest BCUT2D eigenvalue weighted by atomic mass is 16.5. The second-order valence-electron chi connectivity index (χ2n) is 5.77. The lowest BCUT2D eigenvalue weighted by atomic mass is 9.81. The SMILES string of the molecule is CCOCCC1(C)C(=O)N(c2ccccc2)c2ccccc21. The van der Waals surface area contributed by atoms with E-state index in [-0.39, 0.29) is 5.91 Å². The van der Waals surface area contributed by atoms with Gasteiger partial charge in [-0.2, -0.15) is 0 Å². The van der Waals surface area contributed by atoms with Crippen molar-refractivity contribution < 1.29 is 9.53 Å². The van der Waals surface area contributed by atoms with Crippen LogP contribution >= 0.6 is 0 Å². The summed E-state index contributed by atoms with van der Waals surface area (Å²) in [5.41, 5.74) is 2.46. The van der Waals surface area contributed by atoms with Crippen LogP contribution in [0.15, 0.2) is 54.6 Å². The molecule has 1 atom stereocenters. The largest absolute Gasteiger partial charge is 0.382 e. The molecule has 0 saturated heterocycles. The monoisotopic (exact) mass is 295 g/mol. The van der Waals surface area contributed by atoms with E-state index in [0.29, 0.717) is 19.6 Å². The van der Waals surface area contributed by atoms with E-state index in [1.54, 1.807) is 0 Å². The van der Waals surface area contributed by atoms with E-state index in [9.17, 15) is 4.79 Å². The van der Waals surface area contributed by atoms with Gasteiger partial charge in [0.15, 0.2) is 0 Å². The molecule has 3 nitrogen and oxygen atoms in total. The third-order valence-corrected chi connectivity index (χ3v) is 4.38. The van der Waals surface area contributed by atoms with Crippen LogP contribution in [0.25, 0.3) is 0 Å². The number of carbonyl (C=O) groups is 1. The molecule has 0 fully saturated rings. The Bertz CT molecular complexity index is 668. The average Bonchev–Trinajstić information content (AvgIpc) is 2.77. The molecule has 3 rings (SSSR count). The van der Waals surface area contributed by atoms with Gasteiger partial charge in [-0.25, -0.2) is 0 Å². The van der Waals surface area contributed by atoms with Crippen molar-refractivity contribution in [2.75, 3.05) is 18.1 Å². The summed E-state index contributed by atoms with van der Waals surface area (Å²) < 4.78 is 5.49. The molecule has 0 bridgehead atoms. The second-order valence-corrected chi connectivity index (χ2v) is 5.77. The molecule has 2 aromatic rings. The quantitative estimate of drug-likeness (QED) is 0.779. The summed E-state index contributed by atoms with van der Waals surface area (Å²) in [5.74, 6) is 0.125. The van der Waals surface area contributed by atoms with E-state index in [4.69, 9.17) is 4.74 Å². The van der Waals surface area contributed by atoms with Crippen molar-refractivity contribution in [3.05, 3.63) is 60.2 Å². The first-order valence-electron chi connectivity index (χ1n) is 7.75. The van der Waals surface area contributed by atoms with E-state index in [1.807, 2.05) is 67.3 Å². The van der Waals surface area contributed by atoms with Crippen LogP contribution in [0.1, 0.15) is 25.8 Å². The lowest BCUT2D eigenvalue weighted by Crippen LogP contribution is -2.36. The van der Waals surface area contributed by atoms with Gasteiger partial charge in [-0.05, 0) is 44.0 Å². The van der Waals surface area contributed by atoms with Gasteiger partial charge in [0.2, 0.25) is 5.91 Å². The smallest absolute Gasteiger partial charge is 0.242 e. The third kappa shape index (κ3) is 2.32. The summed E-state index contributed by atoms with van der Waals surface area (Å²) in [6.45, 7) is 5.27. The number of nitrogens with zero attached hydrogens (tertiary/aromatic N) is 1. The molecule has 1 aliphatic rings. The van der Waals surface area contributed by atoms with E-state index in [1.165, 1.54) is 0 Å². The lowest BCUT2D eigenvalue weighted by Gasteiger charge is -2.24. The molecule has 0 aromatic heterocycles. The molecule has 0 aliphatic carbocycles. The Labute approximate surface area is 131 Å². The Balaban J connectivity index is 2.03. The predicted molar refractivity (Wildman–Crippen MR) is 88.5 cm³/mol. The van der Waals surface area contributed by atoms with Crippen molar-refractivity contribution in [1.29, 1.82) is 0 Å². The van der Waals surface area contributed by atoms with E-state index >= 15 is 0 Å². The number of carbonyl (C=O) groups excluding carboxylic acids is 1. The van der Waals surface area contributed by atoms with Gasteiger partial charge in [-0.1, -0.05) is 36.4 Å². The summed E-state index contributed by atoms with van der Waals surface area (Å²) in [5, 5.41) is 0. The summed E-state index contributed by atoms with van der Waals surface area (Å²) in [6, 6.07) is 17.9. The van der Waals surface area contributed by atoms with Crippen LogP contribution in [-0.2, 0) is 14.9 Å². The molecule has 22 heavy (non-hydrogen) atoms. The maximum Gasteiger partial charge on any atom is 0.242 e. The van der Waals surface area contributed by atoms with Gasteiger partial charge in [0.05, 0.1) is 11.1 Å². The van der Waals surface area contributed by atoms with Crippen molar-refractivity contribution in [1.82, 2.24) is 0 Å². The van der Waals surface area contributed by atoms with Crippen LogP contribution in [0.5, 0.6) is 0 Å². The molecule has 0 spiro atoms. The zero-order valence-corrected chi connectivity index (χ0v) is 13.1. The Morgan fingerprint density at radius 3 is 2.45 bits per heavy atom. The average molecular weight is 295 g/mol. The molecule has 3 heteroatoms. The standard InChI is InChI=1S/C19H21NO2/c1-3-22-14-13-19(2)16-11-7-8-12-17(16)20(18(19)21)15-9-5-4-6-10-15/h4-12H,3,13-14H2,1-2H3. The molecule has 0 N–H and O–H groups in total. The fourth-order valence-electron chi connectivity index (χ4n) is 3.10. The maximum absolute atomic E-state index is 13.1. The molecular formula is C19H21NO2. The van der Waals surface area contributed by atoms with Crippen LogP contribution in [0.2, 0.25) is 0 Å². The van der Waals surface area contributed by atoms with Crippen molar-refractivity contribution >= 4 is 17.3 Å². The Morgan fingerprint density at radius 2 is 1.73 bits per heavy atom. The Hall–Kier alpha value is -2.13. The van der Waals surface area contributed by atoms with Crippen LogP contribution in [0, 0.1) is 0 Å². The summed E-state index contributed by atoms with van der Waals surface area (Å²) in [4.78, 5) is 15.0. The number of fused-ring (bicyclic) bond motifs is 1. The number of benzene rings is 2. The normalized spacial score (nSPS) is 20.3. The number of para-hydroxylation sites is 2. The highest BCUT2D eigenvalue weighted by Gasteiger charge is 2.47. The number of rotatable bonds is 5. The lowest BCUT2D eigenvalue weighted by molar-refractivity contribution is -0.122. The van der Waals surface area contributed by atoms with Gasteiger partial charge in [0.1, 0.15) is 0 Å². The third-order valence-electron chi connectivity index (χ3n) is 4.38. The summed E-state index contributed by atoms with van der Waals surface area (Å²) in [6.07, 6.45) is 0.694. The first-order valence-corrected chi connectivity index (χ1v) is 7.75. The number of anilines is 2. The first-order chi connectivity index (χ1) is 10.7. The molecule has 1 unspecified atom stereocenters. The van der Waals surface area contributed by atoms with Crippen LogP contribution < -0.4 is 4.90 Å². The Kier molecular flexibility index (Phi) is 3.99. The van der Waals surface area contributed by atoms with Crippen molar-refractivity contribution in [3.8, 4) is 0 Å². The van der Waals surface area contributed by atoms with Crippen molar-refractivity contribution in [3.63, 3.8) is 0 Å². The number of amides is 1. The van der Waals surface area contributed by atoms with Gasteiger partial charge in [0.25, 0.3) is 0 Å². The minimum atomic E-state index is -0.526. The van der Waals surface area contributed by atoms with Gasteiger partial charge in [-0.3, -0.25) is 9.69 Å². The highest BCUT2D eigenvalue weighted by Crippen LogP contribution is 2.46. The molecule has 1 aliphatic heterocycles. The van der Waals surface area contributed by atoms with E-state index in [0.717, 1.165) is 16.9 Å². The number of ether oxygens (including phenoxy) is 1. The van der Waals surface area contributed by atoms with E-state index in [2.05, 4.69) is 6.07 Å². The predicted octanol–water partition coefficient (Wildman–Crippen LogP) is 4.05. The zero-order chi connectivity index (χ0) is 15.6. The van der Waals surface area contributed by atoms with Gasteiger partial charge < -0.3 is 4.74 Å². The van der Waals surface area contributed by atoms with Crippen LogP contribution in [0.3, 0.4) is 0 Å². The fraction of sp³-hybridized carbons (Fsp3) is 0.316. The molecule has 0 saturated carbocycles. The number of hydrogen-bond acceptors (Lipinski definition) is 2. The fourth-order valence-corrected chi connectivity index (χ4v) is 3.10. The first kappa shape index (κ1) is 14.8. The second kappa shape index (κ2) is 5.93. The summed E-state index contributed by atoms with van der Waals surface area (Å²) in [7, 11) is 0. The molecule has 0 radical (unpaired) electrons. The topological polar surface area (TPSA) is 29.5 Å². The van der Waals surface area contributed by atoms with Gasteiger partial charge >= 0.3 is 0 Å². The van der Waals surface area contributed by atoms with Crippen molar-refractivity contribution in [2.24, 2.45) is 0 Å². The Morgan fingerprint density at radius 1 is 1.05 bits per heavy atom. The van der Waals surface area contributed by atoms with Gasteiger partial charge in [-0.15, -0.1) is 0 Å². The molecule has 1 amide bonds. The van der Waals surface area contributed by atoms with Crippen molar-refractivity contribution in [2.45, 2.75) is 25.7 Å². The molecular weight excluding hydrogens is 274 g/mol. The maximum atomic E-state index is 13.1. The minimum Gasteiger partial charge on any atom is -0.382 e. The molecule has 2 aromatic carbocycles. The molecule has 1 heterocycles. The highest BCUT2D eigenvalue weighted by molar-refractivity contribution is 6.12. The van der Waals surface area contributed by atoms with Gasteiger partial charge in [0, 0.05) is 18.9 Å². The zero-order valence-electron chi connectivity index (χ0n) is 13.1. The van der Waals surface area contributed by atoms with Crippen LogP contribution in [0.4, 0.5) is 11.4 Å².